The first-order valence-corrected chi connectivity index (χ1v) is 8.98. The Morgan fingerprint density at radius 2 is 1.84 bits per heavy atom. The third kappa shape index (κ3) is 4.81. The molecule has 1 heterocycles. The number of rotatable bonds is 5. The highest BCUT2D eigenvalue weighted by Crippen LogP contribution is 2.26. The highest BCUT2D eigenvalue weighted by atomic mass is 35.5. The summed E-state index contributed by atoms with van der Waals surface area (Å²) in [7, 11) is 0. The number of nitrogens with zero attached hydrogens (tertiary/aromatic N) is 1. The van der Waals surface area contributed by atoms with Gasteiger partial charge in [-0.3, -0.25) is 10.1 Å². The lowest BCUT2D eigenvalue weighted by Gasteiger charge is -2.07. The Kier molecular flexibility index (Phi) is 5.36. The normalized spacial score (nSPS) is 10.5. The SMILES string of the molecule is Cc1cc(C)cc(OCC(=O)Nc2nc(-c3ccc(Cl)cc3)cs2)c1. The Labute approximate surface area is 155 Å². The Morgan fingerprint density at radius 1 is 1.16 bits per heavy atom. The van der Waals surface area contributed by atoms with E-state index in [1.54, 1.807) is 0 Å². The van der Waals surface area contributed by atoms with Crippen LogP contribution in [-0.2, 0) is 4.79 Å². The van der Waals surface area contributed by atoms with Gasteiger partial charge >= 0.3 is 0 Å². The van der Waals surface area contributed by atoms with Crippen LogP contribution >= 0.6 is 22.9 Å². The second-order valence-corrected chi connectivity index (χ2v) is 7.00. The van der Waals surface area contributed by atoms with Crippen molar-refractivity contribution in [3.05, 3.63) is 64.0 Å². The lowest BCUT2D eigenvalue weighted by atomic mass is 10.1. The topological polar surface area (TPSA) is 51.2 Å². The first-order valence-electron chi connectivity index (χ1n) is 7.72. The molecule has 0 radical (unpaired) electrons. The summed E-state index contributed by atoms with van der Waals surface area (Å²) in [4.78, 5) is 16.5. The molecule has 3 aromatic rings. The largest absolute Gasteiger partial charge is 0.484 e. The summed E-state index contributed by atoms with van der Waals surface area (Å²) < 4.78 is 5.56. The highest BCUT2D eigenvalue weighted by molar-refractivity contribution is 7.14. The number of benzene rings is 2. The first-order chi connectivity index (χ1) is 12.0. The van der Waals surface area contributed by atoms with Gasteiger partial charge in [0, 0.05) is 16.0 Å². The number of hydrogen-bond donors (Lipinski definition) is 1. The number of carbonyl (C=O) groups excluding carboxylic acids is 1. The maximum absolute atomic E-state index is 12.1. The van der Waals surface area contributed by atoms with Crippen LogP contribution in [0.3, 0.4) is 0 Å². The summed E-state index contributed by atoms with van der Waals surface area (Å²) in [5.41, 5.74) is 3.95. The van der Waals surface area contributed by atoms with Crippen molar-refractivity contribution in [1.29, 1.82) is 0 Å². The van der Waals surface area contributed by atoms with Crippen molar-refractivity contribution in [3.63, 3.8) is 0 Å². The van der Waals surface area contributed by atoms with E-state index in [4.69, 9.17) is 16.3 Å². The van der Waals surface area contributed by atoms with Crippen LogP contribution in [0.2, 0.25) is 5.02 Å². The predicted octanol–water partition coefficient (Wildman–Crippen LogP) is 5.10. The summed E-state index contributed by atoms with van der Waals surface area (Å²) in [6.45, 7) is 3.93. The molecule has 0 bridgehead atoms. The summed E-state index contributed by atoms with van der Waals surface area (Å²) in [5.74, 6) is 0.449. The van der Waals surface area contributed by atoms with Gasteiger partial charge in [-0.1, -0.05) is 29.8 Å². The van der Waals surface area contributed by atoms with Gasteiger partial charge < -0.3 is 4.74 Å². The van der Waals surface area contributed by atoms with Gasteiger partial charge in [-0.15, -0.1) is 11.3 Å². The molecule has 25 heavy (non-hydrogen) atoms. The van der Waals surface area contributed by atoms with Crippen LogP contribution in [0.5, 0.6) is 5.75 Å². The second kappa shape index (κ2) is 7.68. The summed E-state index contributed by atoms with van der Waals surface area (Å²) in [5, 5.41) is 5.87. The number of nitrogens with one attached hydrogen (secondary N) is 1. The average Bonchev–Trinajstić information content (AvgIpc) is 3.01. The molecule has 128 valence electrons. The van der Waals surface area contributed by atoms with Gasteiger partial charge in [-0.2, -0.15) is 0 Å². The third-order valence-electron chi connectivity index (χ3n) is 3.46. The molecular formula is C19H17ClN2O2S. The maximum Gasteiger partial charge on any atom is 0.264 e. The lowest BCUT2D eigenvalue weighted by Crippen LogP contribution is -2.20. The van der Waals surface area contributed by atoms with E-state index in [1.807, 2.05) is 55.6 Å². The second-order valence-electron chi connectivity index (χ2n) is 5.71. The predicted molar refractivity (Wildman–Crippen MR) is 103 cm³/mol. The Hall–Kier alpha value is -2.37. The van der Waals surface area contributed by atoms with Gasteiger partial charge in [-0.05, 0) is 49.2 Å². The van der Waals surface area contributed by atoms with Gasteiger partial charge in [-0.25, -0.2) is 4.98 Å². The number of thiazole rings is 1. The van der Waals surface area contributed by atoms with Crippen LogP contribution in [0.25, 0.3) is 11.3 Å². The van der Waals surface area contributed by atoms with Crippen molar-refractivity contribution < 1.29 is 9.53 Å². The van der Waals surface area contributed by atoms with Crippen molar-refractivity contribution in [3.8, 4) is 17.0 Å². The number of amides is 1. The molecule has 0 unspecified atom stereocenters. The van der Waals surface area contributed by atoms with E-state index >= 15 is 0 Å². The quantitative estimate of drug-likeness (QED) is 0.678. The van der Waals surface area contributed by atoms with Crippen molar-refractivity contribution in [2.24, 2.45) is 0 Å². The standard InChI is InChI=1S/C19H17ClN2O2S/c1-12-7-13(2)9-16(8-12)24-10-18(23)22-19-21-17(11-25-19)14-3-5-15(20)6-4-14/h3-9,11H,10H2,1-2H3,(H,21,22,23). The first kappa shape index (κ1) is 17.5. The molecule has 0 spiro atoms. The number of carbonyl (C=O) groups is 1. The molecule has 0 aliphatic rings. The molecule has 0 aliphatic carbocycles. The number of halogens is 1. The molecular weight excluding hydrogens is 356 g/mol. The summed E-state index contributed by atoms with van der Waals surface area (Å²) in [6, 6.07) is 13.3. The van der Waals surface area contributed by atoms with Gasteiger partial charge in [0.15, 0.2) is 11.7 Å². The smallest absolute Gasteiger partial charge is 0.264 e. The Balaban J connectivity index is 1.59. The summed E-state index contributed by atoms with van der Waals surface area (Å²) in [6.07, 6.45) is 0. The molecule has 1 amide bonds. The van der Waals surface area contributed by atoms with Crippen LogP contribution in [-0.4, -0.2) is 17.5 Å². The molecule has 0 atom stereocenters. The number of hydrogen-bond acceptors (Lipinski definition) is 4. The Morgan fingerprint density at radius 3 is 2.52 bits per heavy atom. The van der Waals surface area contributed by atoms with E-state index in [9.17, 15) is 4.79 Å². The molecule has 0 saturated carbocycles. The highest BCUT2D eigenvalue weighted by Gasteiger charge is 2.09. The van der Waals surface area contributed by atoms with Gasteiger partial charge in [0.25, 0.3) is 5.91 Å². The van der Waals surface area contributed by atoms with Crippen LogP contribution in [0, 0.1) is 13.8 Å². The zero-order valence-corrected chi connectivity index (χ0v) is 15.4. The number of aromatic nitrogens is 1. The third-order valence-corrected chi connectivity index (χ3v) is 4.47. The van der Waals surface area contributed by atoms with Crippen LogP contribution < -0.4 is 10.1 Å². The zero-order valence-electron chi connectivity index (χ0n) is 13.9. The van der Waals surface area contributed by atoms with Crippen LogP contribution in [0.15, 0.2) is 47.8 Å². The zero-order chi connectivity index (χ0) is 17.8. The molecule has 1 aromatic heterocycles. The van der Waals surface area contributed by atoms with Crippen LogP contribution in [0.4, 0.5) is 5.13 Å². The van der Waals surface area contributed by atoms with Crippen molar-refractivity contribution in [1.82, 2.24) is 4.98 Å². The Bertz CT molecular complexity index is 870. The minimum atomic E-state index is -0.240. The fraction of sp³-hybridized carbons (Fsp3) is 0.158. The fourth-order valence-electron chi connectivity index (χ4n) is 2.40. The minimum Gasteiger partial charge on any atom is -0.484 e. The number of ether oxygens (including phenoxy) is 1. The fourth-order valence-corrected chi connectivity index (χ4v) is 3.27. The summed E-state index contributed by atoms with van der Waals surface area (Å²) >= 11 is 7.26. The molecule has 0 aliphatic heterocycles. The number of aryl methyl sites for hydroxylation is 2. The molecule has 0 fully saturated rings. The van der Waals surface area contributed by atoms with Gasteiger partial charge in [0.2, 0.25) is 0 Å². The van der Waals surface area contributed by atoms with Crippen LogP contribution in [0.1, 0.15) is 11.1 Å². The molecule has 3 rings (SSSR count). The molecule has 6 heteroatoms. The van der Waals surface area contributed by atoms with E-state index < -0.39 is 0 Å². The van der Waals surface area contributed by atoms with E-state index in [0.717, 1.165) is 22.4 Å². The van der Waals surface area contributed by atoms with Crippen molar-refractivity contribution >= 4 is 34.0 Å². The average molecular weight is 373 g/mol. The van der Waals surface area contributed by atoms with E-state index in [1.165, 1.54) is 11.3 Å². The number of anilines is 1. The van der Waals surface area contributed by atoms with E-state index in [2.05, 4.69) is 16.4 Å². The van der Waals surface area contributed by atoms with Crippen molar-refractivity contribution in [2.45, 2.75) is 13.8 Å². The maximum atomic E-state index is 12.1. The van der Waals surface area contributed by atoms with Gasteiger partial charge in [0.1, 0.15) is 5.75 Å². The van der Waals surface area contributed by atoms with Gasteiger partial charge in [0.05, 0.1) is 5.69 Å². The minimum absolute atomic E-state index is 0.0568. The monoisotopic (exact) mass is 372 g/mol. The molecule has 1 N–H and O–H groups in total. The van der Waals surface area contributed by atoms with E-state index in [0.29, 0.717) is 15.9 Å². The molecule has 0 saturated heterocycles. The van der Waals surface area contributed by atoms with E-state index in [-0.39, 0.29) is 12.5 Å². The molecule has 4 nitrogen and oxygen atoms in total. The molecule has 2 aromatic carbocycles. The lowest BCUT2D eigenvalue weighted by molar-refractivity contribution is -0.118. The van der Waals surface area contributed by atoms with Crippen molar-refractivity contribution in [2.75, 3.05) is 11.9 Å².